The Kier molecular flexibility index (Phi) is 9.10. The van der Waals surface area contributed by atoms with E-state index in [1.807, 2.05) is 0 Å². The summed E-state index contributed by atoms with van der Waals surface area (Å²) in [6, 6.07) is 0.743. The van der Waals surface area contributed by atoms with E-state index in [9.17, 15) is 0 Å². The standard InChI is InChI=1S/C11H25NS/c1-4-8-12(9-5-2)11(3)7-6-10-13/h11,13H,4-10H2,1-3H3. The van der Waals surface area contributed by atoms with Gasteiger partial charge in [-0.2, -0.15) is 12.6 Å². The summed E-state index contributed by atoms with van der Waals surface area (Å²) < 4.78 is 0. The summed E-state index contributed by atoms with van der Waals surface area (Å²) in [4.78, 5) is 2.60. The van der Waals surface area contributed by atoms with Gasteiger partial charge < -0.3 is 4.90 Å². The number of hydrogen-bond donors (Lipinski definition) is 1. The molecule has 80 valence electrons. The number of thiol groups is 1. The van der Waals surface area contributed by atoms with Crippen molar-refractivity contribution in [3.63, 3.8) is 0 Å². The maximum atomic E-state index is 4.25. The molecule has 1 nitrogen and oxygen atoms in total. The summed E-state index contributed by atoms with van der Waals surface area (Å²) in [5.41, 5.74) is 0. The van der Waals surface area contributed by atoms with Gasteiger partial charge in [-0.05, 0) is 51.4 Å². The highest BCUT2D eigenvalue weighted by Gasteiger charge is 2.10. The first-order valence-electron chi connectivity index (χ1n) is 5.61. The van der Waals surface area contributed by atoms with Crippen molar-refractivity contribution < 1.29 is 0 Å². The Bertz CT molecular complexity index is 100. The fourth-order valence-electron chi connectivity index (χ4n) is 1.70. The van der Waals surface area contributed by atoms with Gasteiger partial charge in [0, 0.05) is 6.04 Å². The molecule has 1 atom stereocenters. The molecule has 0 spiro atoms. The van der Waals surface area contributed by atoms with Crippen molar-refractivity contribution in [2.75, 3.05) is 18.8 Å². The summed E-state index contributed by atoms with van der Waals surface area (Å²) in [6.07, 6.45) is 5.08. The van der Waals surface area contributed by atoms with Crippen molar-refractivity contribution in [3.05, 3.63) is 0 Å². The molecule has 0 aromatic carbocycles. The minimum atomic E-state index is 0.743. The average molecular weight is 203 g/mol. The molecule has 0 saturated heterocycles. The van der Waals surface area contributed by atoms with Gasteiger partial charge in [-0.3, -0.25) is 0 Å². The molecule has 0 N–H and O–H groups in total. The van der Waals surface area contributed by atoms with Crippen LogP contribution in [0.4, 0.5) is 0 Å². The van der Waals surface area contributed by atoms with Gasteiger partial charge in [-0.1, -0.05) is 13.8 Å². The molecule has 2 heteroatoms. The van der Waals surface area contributed by atoms with Crippen LogP contribution < -0.4 is 0 Å². The second kappa shape index (κ2) is 8.89. The van der Waals surface area contributed by atoms with Crippen molar-refractivity contribution in [2.45, 2.75) is 52.5 Å². The molecule has 0 radical (unpaired) electrons. The summed E-state index contributed by atoms with van der Waals surface area (Å²) >= 11 is 4.25. The first-order valence-corrected chi connectivity index (χ1v) is 6.24. The Morgan fingerprint density at radius 2 is 1.69 bits per heavy atom. The fraction of sp³-hybridized carbons (Fsp3) is 1.00. The topological polar surface area (TPSA) is 3.24 Å². The van der Waals surface area contributed by atoms with Crippen molar-refractivity contribution in [1.29, 1.82) is 0 Å². The summed E-state index contributed by atoms with van der Waals surface area (Å²) in [7, 11) is 0. The van der Waals surface area contributed by atoms with Gasteiger partial charge in [0.15, 0.2) is 0 Å². The second-order valence-electron chi connectivity index (χ2n) is 3.75. The SMILES string of the molecule is CCCN(CCC)C(C)CCCS. The molecule has 0 saturated carbocycles. The zero-order valence-corrected chi connectivity index (χ0v) is 10.3. The van der Waals surface area contributed by atoms with Gasteiger partial charge in [0.25, 0.3) is 0 Å². The highest BCUT2D eigenvalue weighted by molar-refractivity contribution is 7.80. The van der Waals surface area contributed by atoms with E-state index < -0.39 is 0 Å². The van der Waals surface area contributed by atoms with Gasteiger partial charge >= 0.3 is 0 Å². The van der Waals surface area contributed by atoms with Crippen molar-refractivity contribution in [1.82, 2.24) is 4.90 Å². The van der Waals surface area contributed by atoms with Crippen LogP contribution in [0.1, 0.15) is 46.5 Å². The molecule has 0 aliphatic carbocycles. The van der Waals surface area contributed by atoms with Crippen molar-refractivity contribution >= 4 is 12.6 Å². The Hall–Kier alpha value is 0.310. The molecular formula is C11H25NS. The van der Waals surface area contributed by atoms with Gasteiger partial charge in [0.1, 0.15) is 0 Å². The summed E-state index contributed by atoms with van der Waals surface area (Å²) in [5, 5.41) is 0. The van der Waals surface area contributed by atoms with Crippen LogP contribution in [0.3, 0.4) is 0 Å². The van der Waals surface area contributed by atoms with E-state index >= 15 is 0 Å². The van der Waals surface area contributed by atoms with Crippen molar-refractivity contribution in [2.24, 2.45) is 0 Å². The predicted molar refractivity (Wildman–Crippen MR) is 64.7 cm³/mol. The molecule has 0 bridgehead atoms. The first kappa shape index (κ1) is 13.3. The van der Waals surface area contributed by atoms with E-state index in [0.717, 1.165) is 11.8 Å². The smallest absolute Gasteiger partial charge is 0.00672 e. The highest BCUT2D eigenvalue weighted by Crippen LogP contribution is 2.08. The highest BCUT2D eigenvalue weighted by atomic mass is 32.1. The number of rotatable bonds is 8. The lowest BCUT2D eigenvalue weighted by Crippen LogP contribution is -2.34. The zero-order valence-electron chi connectivity index (χ0n) is 9.42. The fourth-order valence-corrected chi connectivity index (χ4v) is 1.88. The Labute approximate surface area is 89.3 Å². The molecule has 0 aliphatic heterocycles. The molecule has 0 amide bonds. The van der Waals surface area contributed by atoms with Gasteiger partial charge in [0.05, 0.1) is 0 Å². The molecule has 0 rings (SSSR count). The van der Waals surface area contributed by atoms with E-state index in [0.29, 0.717) is 0 Å². The average Bonchev–Trinajstić information content (AvgIpc) is 2.14. The van der Waals surface area contributed by atoms with Crippen LogP contribution in [0.5, 0.6) is 0 Å². The summed E-state index contributed by atoms with van der Waals surface area (Å²) in [6.45, 7) is 9.36. The lowest BCUT2D eigenvalue weighted by Gasteiger charge is -2.28. The Balaban J connectivity index is 3.72. The normalized spacial score (nSPS) is 13.6. The molecule has 0 aliphatic rings. The first-order chi connectivity index (χ1) is 6.26. The third kappa shape index (κ3) is 6.39. The van der Waals surface area contributed by atoms with E-state index in [1.165, 1.54) is 38.8 Å². The Morgan fingerprint density at radius 1 is 1.15 bits per heavy atom. The van der Waals surface area contributed by atoms with Gasteiger partial charge in [-0.15, -0.1) is 0 Å². The van der Waals surface area contributed by atoms with Crippen LogP contribution in [0.25, 0.3) is 0 Å². The molecule has 13 heavy (non-hydrogen) atoms. The maximum absolute atomic E-state index is 4.25. The van der Waals surface area contributed by atoms with E-state index in [-0.39, 0.29) is 0 Å². The second-order valence-corrected chi connectivity index (χ2v) is 4.20. The van der Waals surface area contributed by atoms with Crippen LogP contribution in [0.15, 0.2) is 0 Å². The molecular weight excluding hydrogens is 178 g/mol. The summed E-state index contributed by atoms with van der Waals surface area (Å²) in [5.74, 6) is 1.02. The lowest BCUT2D eigenvalue weighted by molar-refractivity contribution is 0.199. The molecule has 0 aromatic heterocycles. The van der Waals surface area contributed by atoms with Crippen LogP contribution >= 0.6 is 12.6 Å². The Morgan fingerprint density at radius 3 is 2.08 bits per heavy atom. The molecule has 0 aromatic rings. The third-order valence-electron chi connectivity index (χ3n) is 2.43. The number of nitrogens with zero attached hydrogens (tertiary/aromatic N) is 1. The minimum Gasteiger partial charge on any atom is -0.301 e. The maximum Gasteiger partial charge on any atom is 0.00672 e. The van der Waals surface area contributed by atoms with Gasteiger partial charge in [-0.25, -0.2) is 0 Å². The minimum absolute atomic E-state index is 0.743. The quantitative estimate of drug-likeness (QED) is 0.593. The zero-order chi connectivity index (χ0) is 10.1. The predicted octanol–water partition coefficient (Wildman–Crippen LogP) is 3.21. The van der Waals surface area contributed by atoms with Crippen LogP contribution in [0.2, 0.25) is 0 Å². The van der Waals surface area contributed by atoms with E-state index in [2.05, 4.69) is 38.3 Å². The van der Waals surface area contributed by atoms with E-state index in [1.54, 1.807) is 0 Å². The lowest BCUT2D eigenvalue weighted by atomic mass is 10.1. The largest absolute Gasteiger partial charge is 0.301 e. The molecule has 0 fully saturated rings. The van der Waals surface area contributed by atoms with Gasteiger partial charge in [0.2, 0.25) is 0 Å². The monoisotopic (exact) mass is 203 g/mol. The van der Waals surface area contributed by atoms with Crippen LogP contribution in [0, 0.1) is 0 Å². The molecule has 0 heterocycles. The third-order valence-corrected chi connectivity index (χ3v) is 2.74. The van der Waals surface area contributed by atoms with Crippen molar-refractivity contribution in [3.8, 4) is 0 Å². The van der Waals surface area contributed by atoms with Crippen LogP contribution in [-0.4, -0.2) is 29.8 Å². The van der Waals surface area contributed by atoms with E-state index in [4.69, 9.17) is 0 Å². The van der Waals surface area contributed by atoms with Crippen LogP contribution in [-0.2, 0) is 0 Å². The number of hydrogen-bond acceptors (Lipinski definition) is 2. The molecule has 1 unspecified atom stereocenters.